The van der Waals surface area contributed by atoms with Gasteiger partial charge < -0.3 is 20.6 Å². The van der Waals surface area contributed by atoms with Gasteiger partial charge in [0, 0.05) is 18.7 Å². The van der Waals surface area contributed by atoms with Crippen LogP contribution in [0.15, 0.2) is 72.8 Å². The van der Waals surface area contributed by atoms with E-state index in [0.29, 0.717) is 23.7 Å². The number of carbonyl (C=O) groups is 2. The number of urea groups is 1. The molecule has 1 aliphatic rings. The van der Waals surface area contributed by atoms with Crippen LogP contribution in [0.25, 0.3) is 0 Å². The number of rotatable bonds is 8. The molecule has 7 nitrogen and oxygen atoms in total. The van der Waals surface area contributed by atoms with Gasteiger partial charge in [0.2, 0.25) is 0 Å². The van der Waals surface area contributed by atoms with Crippen molar-refractivity contribution in [3.63, 3.8) is 0 Å². The van der Waals surface area contributed by atoms with E-state index in [9.17, 15) is 14.7 Å². The zero-order valence-corrected chi connectivity index (χ0v) is 20.7. The highest BCUT2D eigenvalue weighted by Crippen LogP contribution is 2.41. The highest BCUT2D eigenvalue weighted by atomic mass is 35.5. The molecule has 3 aromatic carbocycles. The molecular weight excluding hydrogens is 487 g/mol. The van der Waals surface area contributed by atoms with Crippen LogP contribution in [0.2, 0.25) is 10.0 Å². The lowest BCUT2D eigenvalue weighted by Crippen LogP contribution is -2.62. The normalized spacial score (nSPS) is 17.2. The predicted octanol–water partition coefficient (Wildman–Crippen LogP) is 4.83. The molecule has 0 saturated heterocycles. The van der Waals surface area contributed by atoms with E-state index in [2.05, 4.69) is 27.7 Å². The Balaban J connectivity index is 1.51. The van der Waals surface area contributed by atoms with E-state index in [4.69, 9.17) is 23.2 Å². The van der Waals surface area contributed by atoms with Crippen molar-refractivity contribution < 1.29 is 14.7 Å². The van der Waals surface area contributed by atoms with Crippen LogP contribution in [0.4, 0.5) is 16.2 Å². The second kappa shape index (κ2) is 10.7. The Kier molecular flexibility index (Phi) is 7.62. The Morgan fingerprint density at radius 2 is 1.77 bits per heavy atom. The zero-order chi connectivity index (χ0) is 25.0. The van der Waals surface area contributed by atoms with Gasteiger partial charge in [-0.1, -0.05) is 71.7 Å². The van der Waals surface area contributed by atoms with Crippen molar-refractivity contribution in [3.8, 4) is 0 Å². The lowest BCUT2D eigenvalue weighted by atomic mass is 9.94. The molecule has 182 valence electrons. The third kappa shape index (κ3) is 5.28. The molecule has 1 heterocycles. The summed E-state index contributed by atoms with van der Waals surface area (Å²) >= 11 is 12.2. The van der Waals surface area contributed by atoms with Gasteiger partial charge in [0.25, 0.3) is 11.6 Å². The van der Waals surface area contributed by atoms with Crippen molar-refractivity contribution in [1.29, 1.82) is 0 Å². The highest BCUT2D eigenvalue weighted by molar-refractivity contribution is 6.42. The Labute approximate surface area is 214 Å². The molecule has 0 bridgehead atoms. The van der Waals surface area contributed by atoms with Crippen molar-refractivity contribution in [3.05, 3.63) is 94.0 Å². The number of nitrogens with one attached hydrogen (secondary N) is 2. The van der Waals surface area contributed by atoms with E-state index in [0.717, 1.165) is 18.0 Å². The number of aliphatic hydroxyl groups is 1. The van der Waals surface area contributed by atoms with E-state index in [1.807, 2.05) is 25.2 Å². The van der Waals surface area contributed by atoms with Gasteiger partial charge >= 0.3 is 6.03 Å². The maximum Gasteiger partial charge on any atom is 0.329 e. The number of anilines is 2. The van der Waals surface area contributed by atoms with Gasteiger partial charge in [0.1, 0.15) is 0 Å². The van der Waals surface area contributed by atoms with Gasteiger partial charge in [-0.05, 0) is 49.8 Å². The molecule has 9 heteroatoms. The van der Waals surface area contributed by atoms with Crippen LogP contribution in [0.3, 0.4) is 0 Å². The molecule has 1 unspecified atom stereocenters. The number of carbonyl (C=O) groups excluding carboxylic acids is 2. The van der Waals surface area contributed by atoms with Crippen molar-refractivity contribution in [2.24, 2.45) is 0 Å². The summed E-state index contributed by atoms with van der Waals surface area (Å²) in [6.45, 7) is 1.85. The van der Waals surface area contributed by atoms with Crippen LogP contribution in [0.5, 0.6) is 0 Å². The van der Waals surface area contributed by atoms with Gasteiger partial charge in [-0.2, -0.15) is 0 Å². The monoisotopic (exact) mass is 512 g/mol. The lowest BCUT2D eigenvalue weighted by Gasteiger charge is -2.42. The third-order valence-corrected chi connectivity index (χ3v) is 6.59. The first kappa shape index (κ1) is 25.0. The highest BCUT2D eigenvalue weighted by Gasteiger charge is 2.51. The number of hydrogen-bond donors (Lipinski definition) is 3. The molecule has 1 atom stereocenters. The van der Waals surface area contributed by atoms with Gasteiger partial charge in [0.15, 0.2) is 0 Å². The molecule has 0 aromatic heterocycles. The number of para-hydroxylation sites is 1. The smallest absolute Gasteiger partial charge is 0.329 e. The van der Waals surface area contributed by atoms with Crippen LogP contribution < -0.4 is 15.5 Å². The molecule has 35 heavy (non-hydrogen) atoms. The zero-order valence-electron chi connectivity index (χ0n) is 19.2. The van der Waals surface area contributed by atoms with Gasteiger partial charge in [0.05, 0.1) is 21.4 Å². The molecule has 0 aliphatic carbocycles. The first-order valence-electron chi connectivity index (χ1n) is 11.2. The van der Waals surface area contributed by atoms with Crippen LogP contribution in [-0.4, -0.2) is 42.1 Å². The van der Waals surface area contributed by atoms with Crippen molar-refractivity contribution in [2.45, 2.75) is 18.7 Å². The van der Waals surface area contributed by atoms with Crippen molar-refractivity contribution in [1.82, 2.24) is 10.2 Å². The summed E-state index contributed by atoms with van der Waals surface area (Å²) in [4.78, 5) is 29.7. The summed E-state index contributed by atoms with van der Waals surface area (Å²) in [6.07, 6.45) is 0.659. The molecule has 3 amide bonds. The second-order valence-electron chi connectivity index (χ2n) is 8.41. The first-order chi connectivity index (χ1) is 16.8. The Morgan fingerprint density at radius 1 is 1.06 bits per heavy atom. The summed E-state index contributed by atoms with van der Waals surface area (Å²) in [5, 5.41) is 17.8. The summed E-state index contributed by atoms with van der Waals surface area (Å²) < 4.78 is 0. The van der Waals surface area contributed by atoms with Crippen LogP contribution >= 0.6 is 23.2 Å². The number of hydrogen-bond acceptors (Lipinski definition) is 4. The van der Waals surface area contributed by atoms with Crippen LogP contribution in [-0.2, 0) is 17.1 Å². The molecular formula is C26H26Cl2N4O3. The Morgan fingerprint density at radius 3 is 2.51 bits per heavy atom. The maximum absolute atomic E-state index is 13.4. The Hall–Kier alpha value is -3.10. The van der Waals surface area contributed by atoms with E-state index >= 15 is 0 Å². The SMILES string of the molecule is CN(CCCNC(=O)C1(O)c2ccccc2NC(=O)N1c1ccc(Cl)c(Cl)c1)Cc1ccccc1. The van der Waals surface area contributed by atoms with Gasteiger partial charge in [-0.25, -0.2) is 4.79 Å². The van der Waals surface area contributed by atoms with E-state index in [1.165, 1.54) is 23.8 Å². The number of amides is 3. The first-order valence-corrected chi connectivity index (χ1v) is 11.9. The van der Waals surface area contributed by atoms with Crippen molar-refractivity contribution in [2.75, 3.05) is 30.4 Å². The number of benzene rings is 3. The second-order valence-corrected chi connectivity index (χ2v) is 9.23. The van der Waals surface area contributed by atoms with E-state index < -0.39 is 17.7 Å². The standard InChI is InChI=1S/C26H26Cl2N4O3/c1-31(17-18-8-3-2-4-9-18)15-7-14-29-24(33)26(35)20-10-5-6-11-23(20)30-25(34)32(26)19-12-13-21(27)22(28)16-19/h2-6,8-13,16,35H,7,14-15,17H2,1H3,(H,29,33)(H,30,34). The van der Waals surface area contributed by atoms with E-state index in [-0.39, 0.29) is 16.3 Å². The number of halogens is 2. The molecule has 3 aromatic rings. The lowest BCUT2D eigenvalue weighted by molar-refractivity contribution is -0.140. The molecule has 4 rings (SSSR count). The fourth-order valence-corrected chi connectivity index (χ4v) is 4.43. The minimum absolute atomic E-state index is 0.194. The van der Waals surface area contributed by atoms with Gasteiger partial charge in [-0.3, -0.25) is 9.69 Å². The molecule has 0 saturated carbocycles. The molecule has 3 N–H and O–H groups in total. The number of nitrogens with zero attached hydrogens (tertiary/aromatic N) is 2. The summed E-state index contributed by atoms with van der Waals surface area (Å²) in [6, 6.07) is 20.6. The molecule has 1 aliphatic heterocycles. The van der Waals surface area contributed by atoms with Crippen LogP contribution in [0, 0.1) is 0 Å². The summed E-state index contributed by atoms with van der Waals surface area (Å²) in [5.74, 6) is -0.711. The van der Waals surface area contributed by atoms with E-state index in [1.54, 1.807) is 24.3 Å². The molecule has 0 spiro atoms. The summed E-state index contributed by atoms with van der Waals surface area (Å²) in [7, 11) is 2.01. The average Bonchev–Trinajstić information content (AvgIpc) is 2.84. The minimum atomic E-state index is -2.29. The fraction of sp³-hybridized carbons (Fsp3) is 0.231. The third-order valence-electron chi connectivity index (χ3n) is 5.85. The fourth-order valence-electron chi connectivity index (χ4n) is 4.13. The molecule has 0 radical (unpaired) electrons. The Bertz CT molecular complexity index is 1220. The largest absolute Gasteiger partial charge is 0.359 e. The van der Waals surface area contributed by atoms with Crippen LogP contribution in [0.1, 0.15) is 17.5 Å². The topological polar surface area (TPSA) is 84.9 Å². The quantitative estimate of drug-likeness (QED) is 0.377. The predicted molar refractivity (Wildman–Crippen MR) is 139 cm³/mol. The van der Waals surface area contributed by atoms with Crippen molar-refractivity contribution >= 4 is 46.5 Å². The minimum Gasteiger partial charge on any atom is -0.359 e. The summed E-state index contributed by atoms with van der Waals surface area (Å²) in [5.41, 5.74) is -0.244. The average molecular weight is 513 g/mol. The maximum atomic E-state index is 13.4. The molecule has 0 fully saturated rings. The van der Waals surface area contributed by atoms with Gasteiger partial charge in [-0.15, -0.1) is 0 Å². The number of fused-ring (bicyclic) bond motifs is 1.